The number of para-hydroxylation sites is 1. The number of ether oxygens (including phenoxy) is 1. The van der Waals surface area contributed by atoms with Crippen LogP contribution in [0.5, 0.6) is 11.5 Å². The van der Waals surface area contributed by atoms with Gasteiger partial charge in [0.1, 0.15) is 11.5 Å². The number of alkyl halides is 4. The van der Waals surface area contributed by atoms with Crippen molar-refractivity contribution in [1.29, 1.82) is 0 Å². The Kier molecular flexibility index (Phi) is 6.47. The van der Waals surface area contributed by atoms with Gasteiger partial charge in [0.25, 0.3) is 0 Å². The quantitative estimate of drug-likeness (QED) is 0.508. The van der Waals surface area contributed by atoms with Gasteiger partial charge in [0.2, 0.25) is 3.79 Å². The van der Waals surface area contributed by atoms with Crippen LogP contribution in [0.15, 0.2) is 54.6 Å². The summed E-state index contributed by atoms with van der Waals surface area (Å²) >= 11 is 23.0. The van der Waals surface area contributed by atoms with Gasteiger partial charge in [-0.2, -0.15) is 0 Å². The summed E-state index contributed by atoms with van der Waals surface area (Å²) in [5.74, 6) is 1.37. The lowest BCUT2D eigenvalue weighted by Crippen LogP contribution is -2.43. The molecule has 0 fully saturated rings. The largest absolute Gasteiger partial charge is 0.457 e. The molecule has 0 spiro atoms. The summed E-state index contributed by atoms with van der Waals surface area (Å²) in [6, 6.07) is 15.7. The first kappa shape index (κ1) is 19.0. The Morgan fingerprint density at radius 1 is 1.04 bits per heavy atom. The standard InChI is InChI=1S/C16H14Cl4N2O2/c1-22(14(17)16(18,19)20)15(23)21-11-7-9-13(10-8-11)24-12-5-3-2-4-6-12/h2-10,14H,1H3,(H,21,23). The van der Waals surface area contributed by atoms with Gasteiger partial charge in [0.15, 0.2) is 5.50 Å². The van der Waals surface area contributed by atoms with Gasteiger partial charge >= 0.3 is 6.03 Å². The Morgan fingerprint density at radius 3 is 2.12 bits per heavy atom. The molecule has 0 bridgehead atoms. The van der Waals surface area contributed by atoms with Gasteiger partial charge in [-0.15, -0.1) is 0 Å². The zero-order chi connectivity index (χ0) is 17.7. The number of carbonyl (C=O) groups is 1. The molecule has 1 atom stereocenters. The van der Waals surface area contributed by atoms with Gasteiger partial charge in [-0.25, -0.2) is 4.79 Å². The third kappa shape index (κ3) is 5.35. The minimum Gasteiger partial charge on any atom is -0.457 e. The molecule has 0 saturated carbocycles. The van der Waals surface area contributed by atoms with Crippen molar-refractivity contribution in [3.8, 4) is 11.5 Å². The van der Waals surface area contributed by atoms with E-state index < -0.39 is 15.3 Å². The Morgan fingerprint density at radius 2 is 1.58 bits per heavy atom. The SMILES string of the molecule is CN(C(=O)Nc1ccc(Oc2ccccc2)cc1)C(Cl)C(Cl)(Cl)Cl. The van der Waals surface area contributed by atoms with Crippen LogP contribution in [-0.2, 0) is 0 Å². The first-order valence-corrected chi connectivity index (χ1v) is 8.42. The van der Waals surface area contributed by atoms with E-state index in [2.05, 4.69) is 5.32 Å². The molecule has 0 heterocycles. The summed E-state index contributed by atoms with van der Waals surface area (Å²) in [6.07, 6.45) is 0. The normalized spacial score (nSPS) is 12.4. The van der Waals surface area contributed by atoms with E-state index in [4.69, 9.17) is 51.1 Å². The molecule has 0 aliphatic rings. The van der Waals surface area contributed by atoms with Crippen LogP contribution in [0.3, 0.4) is 0 Å². The Labute approximate surface area is 160 Å². The van der Waals surface area contributed by atoms with Crippen LogP contribution in [0.4, 0.5) is 10.5 Å². The molecule has 8 heteroatoms. The summed E-state index contributed by atoms with van der Waals surface area (Å²) in [5, 5.41) is 2.66. The number of hydrogen-bond donors (Lipinski definition) is 1. The fourth-order valence-electron chi connectivity index (χ4n) is 1.77. The maximum Gasteiger partial charge on any atom is 0.322 e. The molecule has 0 aliphatic heterocycles. The molecule has 2 aromatic rings. The van der Waals surface area contributed by atoms with Crippen LogP contribution in [0.2, 0.25) is 0 Å². The van der Waals surface area contributed by atoms with Crippen molar-refractivity contribution in [2.45, 2.75) is 9.29 Å². The molecule has 1 N–H and O–H groups in total. The second-order valence-electron chi connectivity index (χ2n) is 4.86. The van der Waals surface area contributed by atoms with E-state index in [1.54, 1.807) is 24.3 Å². The predicted molar refractivity (Wildman–Crippen MR) is 99.7 cm³/mol. The van der Waals surface area contributed by atoms with Crippen molar-refractivity contribution in [2.24, 2.45) is 0 Å². The first-order chi connectivity index (χ1) is 11.3. The fraction of sp³-hybridized carbons (Fsp3) is 0.188. The summed E-state index contributed by atoms with van der Waals surface area (Å²) in [5.41, 5.74) is -0.552. The zero-order valence-electron chi connectivity index (χ0n) is 12.5. The molecular weight excluding hydrogens is 394 g/mol. The molecule has 0 aliphatic carbocycles. The fourth-order valence-corrected chi connectivity index (χ4v) is 2.29. The maximum absolute atomic E-state index is 12.1. The molecule has 128 valence electrons. The van der Waals surface area contributed by atoms with E-state index in [1.807, 2.05) is 30.3 Å². The lowest BCUT2D eigenvalue weighted by Gasteiger charge is -2.28. The first-order valence-electron chi connectivity index (χ1n) is 6.85. The number of nitrogens with one attached hydrogen (secondary N) is 1. The summed E-state index contributed by atoms with van der Waals surface area (Å²) < 4.78 is 3.88. The number of halogens is 4. The molecule has 1 unspecified atom stereocenters. The number of hydrogen-bond acceptors (Lipinski definition) is 2. The van der Waals surface area contributed by atoms with Gasteiger partial charge in [-0.1, -0.05) is 64.6 Å². The van der Waals surface area contributed by atoms with E-state index in [1.165, 1.54) is 7.05 Å². The zero-order valence-corrected chi connectivity index (χ0v) is 15.6. The average molecular weight is 408 g/mol. The Hall–Kier alpha value is -1.33. The second kappa shape index (κ2) is 8.17. The van der Waals surface area contributed by atoms with E-state index >= 15 is 0 Å². The number of rotatable bonds is 4. The van der Waals surface area contributed by atoms with Crippen molar-refractivity contribution < 1.29 is 9.53 Å². The molecule has 24 heavy (non-hydrogen) atoms. The number of carbonyl (C=O) groups excluding carboxylic acids is 1. The third-order valence-corrected chi connectivity index (χ3v) is 4.59. The monoisotopic (exact) mass is 406 g/mol. The van der Waals surface area contributed by atoms with Crippen LogP contribution in [-0.4, -0.2) is 27.3 Å². The van der Waals surface area contributed by atoms with Crippen LogP contribution in [0.1, 0.15) is 0 Å². The van der Waals surface area contributed by atoms with Crippen LogP contribution in [0, 0.1) is 0 Å². The number of anilines is 1. The van der Waals surface area contributed by atoms with Crippen molar-refractivity contribution in [1.82, 2.24) is 4.90 Å². The van der Waals surface area contributed by atoms with Crippen LogP contribution < -0.4 is 10.1 Å². The predicted octanol–water partition coefficient (Wildman–Crippen LogP) is 5.88. The third-order valence-electron chi connectivity index (χ3n) is 3.01. The van der Waals surface area contributed by atoms with E-state index in [0.717, 1.165) is 10.6 Å². The Bertz CT molecular complexity index is 675. The average Bonchev–Trinajstić information content (AvgIpc) is 2.55. The topological polar surface area (TPSA) is 41.6 Å². The molecule has 2 amide bonds. The molecular formula is C16H14Cl4N2O2. The second-order valence-corrected chi connectivity index (χ2v) is 7.64. The molecule has 4 nitrogen and oxygen atoms in total. The molecule has 0 saturated heterocycles. The highest BCUT2D eigenvalue weighted by Crippen LogP contribution is 2.35. The lowest BCUT2D eigenvalue weighted by atomic mass is 10.3. The van der Waals surface area contributed by atoms with Crippen LogP contribution >= 0.6 is 46.4 Å². The molecule has 0 aromatic heterocycles. The summed E-state index contributed by atoms with van der Waals surface area (Å²) in [6.45, 7) is 0. The van der Waals surface area contributed by atoms with Crippen molar-refractivity contribution >= 4 is 58.1 Å². The highest BCUT2D eigenvalue weighted by molar-refractivity contribution is 6.70. The van der Waals surface area contributed by atoms with Crippen molar-refractivity contribution in [3.63, 3.8) is 0 Å². The lowest BCUT2D eigenvalue weighted by molar-refractivity contribution is 0.218. The molecule has 2 aromatic carbocycles. The van der Waals surface area contributed by atoms with Gasteiger partial charge < -0.3 is 15.0 Å². The van der Waals surface area contributed by atoms with E-state index in [-0.39, 0.29) is 0 Å². The number of amides is 2. The van der Waals surface area contributed by atoms with Crippen molar-refractivity contribution in [3.05, 3.63) is 54.6 Å². The summed E-state index contributed by atoms with van der Waals surface area (Å²) in [7, 11) is 1.43. The minimum absolute atomic E-state index is 0.502. The number of nitrogens with zero attached hydrogens (tertiary/aromatic N) is 1. The number of urea groups is 1. The van der Waals surface area contributed by atoms with Gasteiger partial charge in [-0.05, 0) is 36.4 Å². The van der Waals surface area contributed by atoms with E-state index in [0.29, 0.717) is 11.4 Å². The highest BCUT2D eigenvalue weighted by atomic mass is 35.6. The van der Waals surface area contributed by atoms with Crippen molar-refractivity contribution in [2.75, 3.05) is 12.4 Å². The minimum atomic E-state index is -1.79. The highest BCUT2D eigenvalue weighted by Gasteiger charge is 2.36. The smallest absolute Gasteiger partial charge is 0.322 e. The Balaban J connectivity index is 1.97. The van der Waals surface area contributed by atoms with Gasteiger partial charge in [0.05, 0.1) is 0 Å². The van der Waals surface area contributed by atoms with E-state index in [9.17, 15) is 4.79 Å². The van der Waals surface area contributed by atoms with Gasteiger partial charge in [-0.3, -0.25) is 0 Å². The van der Waals surface area contributed by atoms with Gasteiger partial charge in [0, 0.05) is 12.7 Å². The van der Waals surface area contributed by atoms with Crippen LogP contribution in [0.25, 0.3) is 0 Å². The molecule has 2 rings (SSSR count). The maximum atomic E-state index is 12.1. The number of benzene rings is 2. The summed E-state index contributed by atoms with van der Waals surface area (Å²) in [4.78, 5) is 13.2. The molecule has 0 radical (unpaired) electrons.